The second kappa shape index (κ2) is 13.2. The standard InChI is InChI=1S/C25H40O/c1-3-5-10-22-13-15-23(16-14-22)11-8-6-7-9-12-24-17-19-25(20-18-24)26-21-4-2/h8-9,11-12,22-25H,3-5,10,13-21H2,1-2H3/b11-8+,12-9+/t22-,23-,24-,25-. The minimum Gasteiger partial charge on any atom is -0.378 e. The van der Waals surface area contributed by atoms with Gasteiger partial charge < -0.3 is 4.74 Å². The lowest BCUT2D eigenvalue weighted by atomic mass is 9.80. The van der Waals surface area contributed by atoms with Crippen LogP contribution in [0.1, 0.15) is 90.9 Å². The fourth-order valence-electron chi connectivity index (χ4n) is 4.36. The maximum absolute atomic E-state index is 5.86. The summed E-state index contributed by atoms with van der Waals surface area (Å²) in [6, 6.07) is 0. The molecule has 0 aromatic rings. The van der Waals surface area contributed by atoms with Crippen LogP contribution in [0.5, 0.6) is 0 Å². The number of unbranched alkanes of at least 4 members (excludes halogenated alkanes) is 1. The van der Waals surface area contributed by atoms with Crippen molar-refractivity contribution in [2.24, 2.45) is 17.8 Å². The molecule has 26 heavy (non-hydrogen) atoms. The lowest BCUT2D eigenvalue weighted by Crippen LogP contribution is -2.21. The molecule has 1 nitrogen and oxygen atoms in total. The molecule has 0 heterocycles. The first-order valence-electron chi connectivity index (χ1n) is 11.3. The molecule has 0 spiro atoms. The number of hydrogen-bond acceptors (Lipinski definition) is 1. The molecule has 0 N–H and O–H groups in total. The van der Waals surface area contributed by atoms with Crippen LogP contribution in [-0.4, -0.2) is 12.7 Å². The molecule has 2 aliphatic carbocycles. The van der Waals surface area contributed by atoms with Crippen LogP contribution >= 0.6 is 0 Å². The summed E-state index contributed by atoms with van der Waals surface area (Å²) in [5.74, 6) is 8.88. The molecule has 0 unspecified atom stereocenters. The van der Waals surface area contributed by atoms with Gasteiger partial charge in [0.05, 0.1) is 6.10 Å². The van der Waals surface area contributed by atoms with E-state index in [9.17, 15) is 0 Å². The van der Waals surface area contributed by atoms with Gasteiger partial charge in [-0.05, 0) is 87.7 Å². The van der Waals surface area contributed by atoms with Gasteiger partial charge in [0, 0.05) is 6.61 Å². The van der Waals surface area contributed by atoms with Crippen LogP contribution in [0.2, 0.25) is 0 Å². The number of ether oxygens (including phenoxy) is 1. The van der Waals surface area contributed by atoms with E-state index in [1.807, 2.05) is 0 Å². The van der Waals surface area contributed by atoms with Gasteiger partial charge in [-0.2, -0.15) is 0 Å². The summed E-state index contributed by atoms with van der Waals surface area (Å²) in [6.45, 7) is 5.40. The molecule has 2 rings (SSSR count). The molecule has 0 saturated heterocycles. The third-order valence-electron chi connectivity index (χ3n) is 6.12. The predicted octanol–water partition coefficient (Wildman–Crippen LogP) is 7.08. The Morgan fingerprint density at radius 3 is 1.88 bits per heavy atom. The Kier molecular flexibility index (Phi) is 10.8. The normalized spacial score (nSPS) is 29.8. The Balaban J connectivity index is 1.59. The van der Waals surface area contributed by atoms with Crippen molar-refractivity contribution in [2.75, 3.05) is 6.61 Å². The van der Waals surface area contributed by atoms with Gasteiger partial charge in [0.1, 0.15) is 0 Å². The molecule has 1 heteroatoms. The van der Waals surface area contributed by atoms with E-state index in [-0.39, 0.29) is 0 Å². The van der Waals surface area contributed by atoms with Gasteiger partial charge in [-0.15, -0.1) is 0 Å². The van der Waals surface area contributed by atoms with Gasteiger partial charge in [-0.3, -0.25) is 0 Å². The van der Waals surface area contributed by atoms with Gasteiger partial charge in [-0.25, -0.2) is 0 Å². The molecule has 0 aliphatic heterocycles. The molecule has 146 valence electrons. The average molecular weight is 357 g/mol. The van der Waals surface area contributed by atoms with Crippen molar-refractivity contribution in [3.63, 3.8) is 0 Å². The highest BCUT2D eigenvalue weighted by atomic mass is 16.5. The summed E-state index contributed by atoms with van der Waals surface area (Å²) < 4.78 is 5.86. The Morgan fingerprint density at radius 2 is 1.35 bits per heavy atom. The van der Waals surface area contributed by atoms with Crippen molar-refractivity contribution in [1.29, 1.82) is 0 Å². The molecule has 2 fully saturated rings. The summed E-state index contributed by atoms with van der Waals surface area (Å²) in [4.78, 5) is 0. The van der Waals surface area contributed by atoms with E-state index in [1.165, 1.54) is 70.6 Å². The van der Waals surface area contributed by atoms with Crippen LogP contribution in [0.4, 0.5) is 0 Å². The largest absolute Gasteiger partial charge is 0.378 e. The lowest BCUT2D eigenvalue weighted by molar-refractivity contribution is 0.0227. The second-order valence-corrected chi connectivity index (χ2v) is 8.34. The van der Waals surface area contributed by atoms with Crippen molar-refractivity contribution in [3.8, 4) is 11.8 Å². The fourth-order valence-corrected chi connectivity index (χ4v) is 4.36. The first kappa shape index (κ1) is 21.3. The molecule has 2 saturated carbocycles. The number of rotatable bonds is 8. The quantitative estimate of drug-likeness (QED) is 0.422. The molecule has 2 aliphatic rings. The monoisotopic (exact) mass is 356 g/mol. The molecule has 0 bridgehead atoms. The number of allylic oxidation sites excluding steroid dienone is 4. The van der Waals surface area contributed by atoms with Crippen molar-refractivity contribution >= 4 is 0 Å². The molecular formula is C25H40O. The molecule has 0 aromatic carbocycles. The van der Waals surface area contributed by atoms with Gasteiger partial charge >= 0.3 is 0 Å². The molecule has 0 amide bonds. The maximum Gasteiger partial charge on any atom is 0.0575 e. The zero-order valence-electron chi connectivity index (χ0n) is 17.2. The third kappa shape index (κ3) is 8.59. The van der Waals surface area contributed by atoms with E-state index < -0.39 is 0 Å². The lowest BCUT2D eigenvalue weighted by Gasteiger charge is -2.26. The third-order valence-corrected chi connectivity index (χ3v) is 6.12. The van der Waals surface area contributed by atoms with E-state index >= 15 is 0 Å². The first-order valence-corrected chi connectivity index (χ1v) is 11.3. The summed E-state index contributed by atoms with van der Waals surface area (Å²) >= 11 is 0. The smallest absolute Gasteiger partial charge is 0.0575 e. The Hall–Kier alpha value is -1.00. The molecule has 0 aromatic heterocycles. The SMILES string of the molecule is CCCC[C@H]1CC[C@H](/C=C/C#C/C=C/[C@H]2CC[C@H](OCCC)CC2)CC1. The maximum atomic E-state index is 5.86. The minimum absolute atomic E-state index is 0.505. The summed E-state index contributed by atoms with van der Waals surface area (Å²) in [6.07, 6.45) is 25.2. The van der Waals surface area contributed by atoms with E-state index in [4.69, 9.17) is 4.74 Å². The summed E-state index contributed by atoms with van der Waals surface area (Å²) in [5, 5.41) is 0. The molecular weight excluding hydrogens is 316 g/mol. The van der Waals surface area contributed by atoms with Gasteiger partial charge in [0.25, 0.3) is 0 Å². The van der Waals surface area contributed by atoms with Crippen LogP contribution in [0, 0.1) is 29.6 Å². The number of hydrogen-bond donors (Lipinski definition) is 0. The van der Waals surface area contributed by atoms with Gasteiger partial charge in [-0.1, -0.05) is 57.1 Å². The van der Waals surface area contributed by atoms with E-state index in [1.54, 1.807) is 0 Å². The van der Waals surface area contributed by atoms with E-state index in [2.05, 4.69) is 50.0 Å². The summed E-state index contributed by atoms with van der Waals surface area (Å²) in [5.41, 5.74) is 0. The highest BCUT2D eigenvalue weighted by Crippen LogP contribution is 2.32. The van der Waals surface area contributed by atoms with Crippen LogP contribution in [0.15, 0.2) is 24.3 Å². The molecule has 0 radical (unpaired) electrons. The van der Waals surface area contributed by atoms with Crippen molar-refractivity contribution in [3.05, 3.63) is 24.3 Å². The average Bonchev–Trinajstić information content (AvgIpc) is 2.69. The van der Waals surface area contributed by atoms with Crippen LogP contribution in [-0.2, 0) is 4.74 Å². The zero-order valence-corrected chi connectivity index (χ0v) is 17.2. The highest BCUT2D eigenvalue weighted by Gasteiger charge is 2.19. The van der Waals surface area contributed by atoms with Crippen molar-refractivity contribution in [2.45, 2.75) is 97.0 Å². The Bertz CT molecular complexity index is 420. The second-order valence-electron chi connectivity index (χ2n) is 8.34. The van der Waals surface area contributed by atoms with Crippen LogP contribution in [0.25, 0.3) is 0 Å². The topological polar surface area (TPSA) is 9.23 Å². The minimum atomic E-state index is 0.505. The summed E-state index contributed by atoms with van der Waals surface area (Å²) in [7, 11) is 0. The van der Waals surface area contributed by atoms with E-state index in [0.29, 0.717) is 12.0 Å². The predicted molar refractivity (Wildman–Crippen MR) is 113 cm³/mol. The first-order chi connectivity index (χ1) is 12.8. The van der Waals surface area contributed by atoms with Crippen LogP contribution in [0.3, 0.4) is 0 Å². The van der Waals surface area contributed by atoms with Gasteiger partial charge in [0.2, 0.25) is 0 Å². The van der Waals surface area contributed by atoms with Gasteiger partial charge in [0.15, 0.2) is 0 Å². The van der Waals surface area contributed by atoms with Crippen LogP contribution < -0.4 is 0 Å². The van der Waals surface area contributed by atoms with E-state index in [0.717, 1.165) is 24.9 Å². The van der Waals surface area contributed by atoms with Crippen molar-refractivity contribution in [1.82, 2.24) is 0 Å². The van der Waals surface area contributed by atoms with Crippen molar-refractivity contribution < 1.29 is 4.74 Å². The fraction of sp³-hybridized carbons (Fsp3) is 0.760. The Labute approximate surface area is 162 Å². The molecule has 0 atom stereocenters. The highest BCUT2D eigenvalue weighted by molar-refractivity contribution is 5.24. The zero-order chi connectivity index (χ0) is 18.5. The Morgan fingerprint density at radius 1 is 0.769 bits per heavy atom.